The van der Waals surface area contributed by atoms with Gasteiger partial charge >= 0.3 is 5.97 Å². The highest BCUT2D eigenvalue weighted by atomic mass is 35.5. The van der Waals surface area contributed by atoms with Crippen molar-refractivity contribution in [3.63, 3.8) is 0 Å². The molecule has 0 saturated heterocycles. The number of carbonyl (C=O) groups is 2. The van der Waals surface area contributed by atoms with Crippen LogP contribution in [-0.4, -0.2) is 17.0 Å². The number of nitrogens with one attached hydrogen (secondary N) is 1. The standard InChI is InChI=1S/C17H21ClFNO3/c1-17(2,12-4-3-5-13(18)14(12)19)20-15(21)10-6-8-11(9-7-10)16(22)23/h3-5,10-11H,6-9H2,1-2H3,(H,20,21)(H,22,23). The van der Waals surface area contributed by atoms with Gasteiger partial charge in [0.05, 0.1) is 16.5 Å². The Bertz CT molecular complexity index is 610. The number of carbonyl (C=O) groups excluding carboxylic acids is 1. The Morgan fingerprint density at radius 1 is 1.22 bits per heavy atom. The number of benzene rings is 1. The lowest BCUT2D eigenvalue weighted by molar-refractivity contribution is -0.144. The zero-order chi connectivity index (χ0) is 17.2. The van der Waals surface area contributed by atoms with E-state index >= 15 is 0 Å². The average Bonchev–Trinajstić information content (AvgIpc) is 2.49. The second-order valence-electron chi connectivity index (χ2n) is 6.60. The van der Waals surface area contributed by atoms with Gasteiger partial charge < -0.3 is 10.4 Å². The van der Waals surface area contributed by atoms with Crippen LogP contribution in [0.4, 0.5) is 4.39 Å². The van der Waals surface area contributed by atoms with Crippen molar-refractivity contribution in [3.8, 4) is 0 Å². The zero-order valence-electron chi connectivity index (χ0n) is 13.2. The largest absolute Gasteiger partial charge is 0.481 e. The molecular formula is C17H21ClFNO3. The van der Waals surface area contributed by atoms with Gasteiger partial charge in [-0.1, -0.05) is 23.7 Å². The molecule has 1 aliphatic rings. The van der Waals surface area contributed by atoms with E-state index in [1.807, 2.05) is 0 Å². The molecule has 0 aliphatic heterocycles. The number of carboxylic acids is 1. The second-order valence-corrected chi connectivity index (χ2v) is 7.01. The summed E-state index contributed by atoms with van der Waals surface area (Å²) in [5.41, 5.74) is -0.562. The molecule has 6 heteroatoms. The lowest BCUT2D eigenvalue weighted by Gasteiger charge is -2.32. The number of hydrogen-bond donors (Lipinski definition) is 2. The summed E-state index contributed by atoms with van der Waals surface area (Å²) in [6.45, 7) is 3.45. The van der Waals surface area contributed by atoms with Crippen LogP contribution < -0.4 is 5.32 Å². The summed E-state index contributed by atoms with van der Waals surface area (Å²) in [6.07, 6.45) is 2.08. The van der Waals surface area contributed by atoms with Gasteiger partial charge in [-0.25, -0.2) is 4.39 Å². The van der Waals surface area contributed by atoms with Gasteiger partial charge in [0.15, 0.2) is 0 Å². The van der Waals surface area contributed by atoms with Crippen molar-refractivity contribution in [3.05, 3.63) is 34.6 Å². The average molecular weight is 342 g/mol. The van der Waals surface area contributed by atoms with Crippen LogP contribution in [-0.2, 0) is 15.1 Å². The Kier molecular flexibility index (Phi) is 5.30. The van der Waals surface area contributed by atoms with Crippen molar-refractivity contribution in [1.29, 1.82) is 0 Å². The fraction of sp³-hybridized carbons (Fsp3) is 0.529. The monoisotopic (exact) mass is 341 g/mol. The highest BCUT2D eigenvalue weighted by Gasteiger charge is 2.33. The van der Waals surface area contributed by atoms with E-state index in [-0.39, 0.29) is 22.8 Å². The molecule has 0 bridgehead atoms. The van der Waals surface area contributed by atoms with Crippen LogP contribution in [0.5, 0.6) is 0 Å². The van der Waals surface area contributed by atoms with Crippen LogP contribution in [0.1, 0.15) is 45.1 Å². The lowest BCUT2D eigenvalue weighted by atomic mass is 9.81. The Morgan fingerprint density at radius 3 is 2.35 bits per heavy atom. The van der Waals surface area contributed by atoms with Crippen molar-refractivity contribution in [2.75, 3.05) is 0 Å². The van der Waals surface area contributed by atoms with E-state index in [2.05, 4.69) is 5.32 Å². The molecule has 1 saturated carbocycles. The first kappa shape index (κ1) is 17.7. The summed E-state index contributed by atoms with van der Waals surface area (Å²) in [7, 11) is 0. The van der Waals surface area contributed by atoms with Gasteiger partial charge in [-0.05, 0) is 45.6 Å². The van der Waals surface area contributed by atoms with Crippen LogP contribution in [0.25, 0.3) is 0 Å². The normalized spacial score (nSPS) is 21.7. The topological polar surface area (TPSA) is 66.4 Å². The molecular weight excluding hydrogens is 321 g/mol. The summed E-state index contributed by atoms with van der Waals surface area (Å²) in [5, 5.41) is 11.9. The van der Waals surface area contributed by atoms with E-state index in [9.17, 15) is 14.0 Å². The Labute approximate surface area is 140 Å². The SMILES string of the molecule is CC(C)(NC(=O)C1CCC(C(=O)O)CC1)c1cccc(Cl)c1F. The van der Waals surface area contributed by atoms with Crippen LogP contribution in [0.3, 0.4) is 0 Å². The molecule has 1 fully saturated rings. The number of amides is 1. The number of rotatable bonds is 4. The van der Waals surface area contributed by atoms with E-state index in [1.165, 1.54) is 6.07 Å². The van der Waals surface area contributed by atoms with E-state index in [4.69, 9.17) is 16.7 Å². The summed E-state index contributed by atoms with van der Waals surface area (Å²) < 4.78 is 14.2. The summed E-state index contributed by atoms with van der Waals surface area (Å²) in [5.74, 6) is -2.10. The van der Waals surface area contributed by atoms with Gasteiger partial charge in [-0.3, -0.25) is 9.59 Å². The molecule has 1 aromatic rings. The first-order valence-corrected chi connectivity index (χ1v) is 8.09. The molecule has 4 nitrogen and oxygen atoms in total. The molecule has 0 heterocycles. The number of carboxylic acid groups (broad SMARTS) is 1. The third-order valence-corrected chi connectivity index (χ3v) is 4.80. The smallest absolute Gasteiger partial charge is 0.306 e. The molecule has 1 aliphatic carbocycles. The third-order valence-electron chi connectivity index (χ3n) is 4.51. The second kappa shape index (κ2) is 6.87. The summed E-state index contributed by atoms with van der Waals surface area (Å²) in [4.78, 5) is 23.4. The van der Waals surface area contributed by atoms with Crippen molar-refractivity contribution in [2.45, 2.75) is 45.1 Å². The summed E-state index contributed by atoms with van der Waals surface area (Å²) >= 11 is 5.81. The van der Waals surface area contributed by atoms with E-state index in [1.54, 1.807) is 26.0 Å². The minimum absolute atomic E-state index is 0.0202. The molecule has 0 atom stereocenters. The minimum Gasteiger partial charge on any atom is -0.481 e. The number of hydrogen-bond acceptors (Lipinski definition) is 2. The molecule has 2 rings (SSSR count). The van der Waals surface area contributed by atoms with E-state index in [0.29, 0.717) is 31.2 Å². The van der Waals surface area contributed by atoms with E-state index in [0.717, 1.165) is 0 Å². The maximum Gasteiger partial charge on any atom is 0.306 e. The van der Waals surface area contributed by atoms with Crippen molar-refractivity contribution in [1.82, 2.24) is 5.32 Å². The molecule has 0 spiro atoms. The molecule has 0 aromatic heterocycles. The van der Waals surface area contributed by atoms with Gasteiger partial charge in [-0.15, -0.1) is 0 Å². The van der Waals surface area contributed by atoms with Crippen LogP contribution >= 0.6 is 11.6 Å². The van der Waals surface area contributed by atoms with Crippen LogP contribution in [0, 0.1) is 17.7 Å². The van der Waals surface area contributed by atoms with Crippen LogP contribution in [0.2, 0.25) is 5.02 Å². The number of halogens is 2. The lowest BCUT2D eigenvalue weighted by Crippen LogP contribution is -2.45. The van der Waals surface area contributed by atoms with Gasteiger partial charge in [0.1, 0.15) is 5.82 Å². The molecule has 23 heavy (non-hydrogen) atoms. The first-order valence-electron chi connectivity index (χ1n) is 7.71. The zero-order valence-corrected chi connectivity index (χ0v) is 14.0. The minimum atomic E-state index is -0.893. The van der Waals surface area contributed by atoms with Gasteiger partial charge in [0.25, 0.3) is 0 Å². The van der Waals surface area contributed by atoms with Gasteiger partial charge in [0.2, 0.25) is 5.91 Å². The highest BCUT2D eigenvalue weighted by molar-refractivity contribution is 6.30. The van der Waals surface area contributed by atoms with Crippen LogP contribution in [0.15, 0.2) is 18.2 Å². The highest BCUT2D eigenvalue weighted by Crippen LogP contribution is 2.31. The third kappa shape index (κ3) is 4.02. The maximum absolute atomic E-state index is 14.2. The van der Waals surface area contributed by atoms with Crippen molar-refractivity contribution in [2.24, 2.45) is 11.8 Å². The predicted molar refractivity (Wildman–Crippen MR) is 85.7 cm³/mol. The predicted octanol–water partition coefficient (Wildman–Crippen LogP) is 3.72. The molecule has 126 valence electrons. The molecule has 0 unspecified atom stereocenters. The van der Waals surface area contributed by atoms with Crippen molar-refractivity contribution >= 4 is 23.5 Å². The molecule has 2 N–H and O–H groups in total. The first-order chi connectivity index (χ1) is 10.7. The van der Waals surface area contributed by atoms with Crippen molar-refractivity contribution < 1.29 is 19.1 Å². The van der Waals surface area contributed by atoms with E-state index < -0.39 is 17.3 Å². The Hall–Kier alpha value is -1.62. The summed E-state index contributed by atoms with van der Waals surface area (Å²) in [6, 6.07) is 4.71. The quantitative estimate of drug-likeness (QED) is 0.877. The Morgan fingerprint density at radius 2 is 1.78 bits per heavy atom. The maximum atomic E-state index is 14.2. The Balaban J connectivity index is 2.04. The molecule has 0 radical (unpaired) electrons. The van der Waals surface area contributed by atoms with Gasteiger partial charge in [-0.2, -0.15) is 0 Å². The molecule has 1 amide bonds. The fourth-order valence-electron chi connectivity index (χ4n) is 3.07. The number of aliphatic carboxylic acids is 1. The molecule has 1 aromatic carbocycles. The van der Waals surface area contributed by atoms with Gasteiger partial charge in [0, 0.05) is 11.5 Å². The fourth-order valence-corrected chi connectivity index (χ4v) is 3.24.